The van der Waals surface area contributed by atoms with Gasteiger partial charge in [-0.05, 0) is 112 Å². The van der Waals surface area contributed by atoms with Crippen molar-refractivity contribution in [3.05, 3.63) is 48.6 Å². The summed E-state index contributed by atoms with van der Waals surface area (Å²) >= 11 is 0. The SMILES string of the molecule is CCCCC/C=C\C/C=C\CCCCCCCCC(CCCCCCCC/C=C\C/C=C\CCCCC)(N(C)C)N(C)CCN(C)C. The van der Waals surface area contributed by atoms with E-state index in [1.54, 1.807) is 0 Å². The number of hydrogen-bond donors (Lipinski definition) is 0. The van der Waals surface area contributed by atoms with E-state index < -0.39 is 0 Å². The summed E-state index contributed by atoms with van der Waals surface area (Å²) in [5.74, 6) is 0. The summed E-state index contributed by atoms with van der Waals surface area (Å²) < 4.78 is 0. The Labute approximate surface area is 297 Å². The fraction of sp³-hybridized carbons (Fsp3) is 0.818. The van der Waals surface area contributed by atoms with Gasteiger partial charge in [-0.3, -0.25) is 9.80 Å². The van der Waals surface area contributed by atoms with E-state index >= 15 is 0 Å². The highest BCUT2D eigenvalue weighted by atomic mass is 15.4. The van der Waals surface area contributed by atoms with Gasteiger partial charge in [0.25, 0.3) is 0 Å². The minimum atomic E-state index is 0.181. The summed E-state index contributed by atoms with van der Waals surface area (Å²) in [5.41, 5.74) is 0.181. The number of nitrogens with zero attached hydrogens (tertiary/aromatic N) is 3. The molecule has 0 heterocycles. The van der Waals surface area contributed by atoms with Crippen LogP contribution in [0, 0.1) is 0 Å². The highest BCUT2D eigenvalue weighted by Crippen LogP contribution is 2.31. The van der Waals surface area contributed by atoms with Gasteiger partial charge in [-0.25, -0.2) is 0 Å². The average molecular weight is 656 g/mol. The fourth-order valence-electron chi connectivity index (χ4n) is 6.65. The lowest BCUT2D eigenvalue weighted by Crippen LogP contribution is -2.57. The van der Waals surface area contributed by atoms with Crippen LogP contribution in [-0.2, 0) is 0 Å². The molecule has 0 aliphatic carbocycles. The summed E-state index contributed by atoms with van der Waals surface area (Å²) in [6, 6.07) is 0. The van der Waals surface area contributed by atoms with Crippen LogP contribution in [0.3, 0.4) is 0 Å². The second-order valence-corrected chi connectivity index (χ2v) is 14.8. The third-order valence-corrected chi connectivity index (χ3v) is 9.98. The number of hydrogen-bond acceptors (Lipinski definition) is 3. The van der Waals surface area contributed by atoms with E-state index in [1.807, 2.05) is 0 Å². The molecule has 0 unspecified atom stereocenters. The number of rotatable bonds is 35. The maximum Gasteiger partial charge on any atom is 0.0730 e. The summed E-state index contributed by atoms with van der Waals surface area (Å²) in [7, 11) is 11.5. The van der Waals surface area contributed by atoms with Gasteiger partial charge in [0.1, 0.15) is 0 Å². The first kappa shape index (κ1) is 45.8. The molecular formula is C44H85N3. The molecule has 0 aromatic rings. The van der Waals surface area contributed by atoms with Gasteiger partial charge in [-0.1, -0.05) is 152 Å². The van der Waals surface area contributed by atoms with Crippen LogP contribution in [0.15, 0.2) is 48.6 Å². The molecule has 0 saturated carbocycles. The Morgan fingerprint density at radius 3 is 1.06 bits per heavy atom. The van der Waals surface area contributed by atoms with Crippen LogP contribution in [0.5, 0.6) is 0 Å². The van der Waals surface area contributed by atoms with Crippen LogP contribution in [0.4, 0.5) is 0 Å². The van der Waals surface area contributed by atoms with Crippen molar-refractivity contribution in [3.63, 3.8) is 0 Å². The van der Waals surface area contributed by atoms with Crippen LogP contribution < -0.4 is 0 Å². The summed E-state index contributed by atoms with van der Waals surface area (Å²) in [5, 5.41) is 0. The zero-order valence-corrected chi connectivity index (χ0v) is 33.3. The average Bonchev–Trinajstić information content (AvgIpc) is 3.05. The second kappa shape index (κ2) is 34.7. The minimum absolute atomic E-state index is 0.181. The van der Waals surface area contributed by atoms with Crippen molar-refractivity contribution in [1.82, 2.24) is 14.7 Å². The molecule has 0 fully saturated rings. The minimum Gasteiger partial charge on any atom is -0.308 e. The van der Waals surface area contributed by atoms with Gasteiger partial charge in [0.05, 0.1) is 5.66 Å². The lowest BCUT2D eigenvalue weighted by Gasteiger charge is -2.48. The monoisotopic (exact) mass is 656 g/mol. The Morgan fingerprint density at radius 1 is 0.383 bits per heavy atom. The predicted octanol–water partition coefficient (Wildman–Crippen LogP) is 13.1. The lowest BCUT2D eigenvalue weighted by atomic mass is 9.91. The molecule has 0 atom stereocenters. The molecule has 0 spiro atoms. The van der Waals surface area contributed by atoms with Gasteiger partial charge < -0.3 is 4.90 Å². The largest absolute Gasteiger partial charge is 0.308 e. The second-order valence-electron chi connectivity index (χ2n) is 14.8. The number of likely N-dealkylation sites (N-methyl/N-ethyl adjacent to an activating group) is 2. The summed E-state index contributed by atoms with van der Waals surface area (Å²) in [6.07, 6.45) is 53.2. The quantitative estimate of drug-likeness (QED) is 0.0382. The molecule has 0 bridgehead atoms. The van der Waals surface area contributed by atoms with Crippen molar-refractivity contribution in [1.29, 1.82) is 0 Å². The molecule has 47 heavy (non-hydrogen) atoms. The Balaban J connectivity index is 4.33. The highest BCUT2D eigenvalue weighted by molar-refractivity contribution is 4.93. The van der Waals surface area contributed by atoms with E-state index in [4.69, 9.17) is 0 Å². The smallest absolute Gasteiger partial charge is 0.0730 e. The van der Waals surface area contributed by atoms with Gasteiger partial charge in [0.15, 0.2) is 0 Å². The van der Waals surface area contributed by atoms with E-state index in [-0.39, 0.29) is 5.66 Å². The fourth-order valence-corrected chi connectivity index (χ4v) is 6.65. The molecule has 276 valence electrons. The molecule has 0 aliphatic heterocycles. The maximum absolute atomic E-state index is 2.69. The Morgan fingerprint density at radius 2 is 0.723 bits per heavy atom. The first-order chi connectivity index (χ1) is 22.9. The zero-order chi connectivity index (χ0) is 34.7. The Bertz CT molecular complexity index is 699. The first-order valence-corrected chi connectivity index (χ1v) is 20.5. The number of unbranched alkanes of at least 4 members (excludes halogenated alkanes) is 18. The molecule has 0 aromatic heterocycles. The third kappa shape index (κ3) is 28.4. The van der Waals surface area contributed by atoms with E-state index in [9.17, 15) is 0 Å². The van der Waals surface area contributed by atoms with Crippen LogP contribution in [0.2, 0.25) is 0 Å². The van der Waals surface area contributed by atoms with E-state index in [1.165, 1.54) is 154 Å². The zero-order valence-electron chi connectivity index (χ0n) is 33.3. The third-order valence-electron chi connectivity index (χ3n) is 9.98. The van der Waals surface area contributed by atoms with Crippen LogP contribution in [-0.4, -0.2) is 68.7 Å². The van der Waals surface area contributed by atoms with Gasteiger partial charge >= 0.3 is 0 Å². The van der Waals surface area contributed by atoms with Crippen molar-refractivity contribution in [3.8, 4) is 0 Å². The summed E-state index contributed by atoms with van der Waals surface area (Å²) in [4.78, 5) is 7.58. The summed E-state index contributed by atoms with van der Waals surface area (Å²) in [6.45, 7) is 6.81. The van der Waals surface area contributed by atoms with Gasteiger partial charge in [0.2, 0.25) is 0 Å². The van der Waals surface area contributed by atoms with Crippen molar-refractivity contribution >= 4 is 0 Å². The molecule has 0 radical (unpaired) electrons. The molecule has 3 heteroatoms. The number of allylic oxidation sites excluding steroid dienone is 8. The predicted molar refractivity (Wildman–Crippen MR) is 216 cm³/mol. The van der Waals surface area contributed by atoms with Crippen molar-refractivity contribution in [2.45, 2.75) is 186 Å². The van der Waals surface area contributed by atoms with E-state index in [0.29, 0.717) is 0 Å². The van der Waals surface area contributed by atoms with E-state index in [2.05, 4.69) is 112 Å². The normalized spacial score (nSPS) is 13.1. The first-order valence-electron chi connectivity index (χ1n) is 20.5. The standard InChI is InChI=1S/C44H85N3/c1-8-10-12-14-16-18-20-22-24-26-28-30-32-34-36-38-40-44(46(5)6,47(7)43-42-45(3)4)41-39-37-35-33-31-29-27-25-23-21-19-17-15-13-11-9-2/h16-19,22-25H,8-15,20-21,26-43H2,1-7H3/b18-16-,19-17-,24-22-,25-23-. The van der Waals surface area contributed by atoms with E-state index in [0.717, 1.165) is 25.9 Å². The molecular weight excluding hydrogens is 571 g/mol. The topological polar surface area (TPSA) is 9.72 Å². The molecule has 0 rings (SSSR count). The highest BCUT2D eigenvalue weighted by Gasteiger charge is 2.35. The molecule has 0 N–H and O–H groups in total. The van der Waals surface area contributed by atoms with Crippen molar-refractivity contribution < 1.29 is 0 Å². The van der Waals surface area contributed by atoms with Crippen LogP contribution in [0.1, 0.15) is 181 Å². The van der Waals surface area contributed by atoms with Crippen molar-refractivity contribution in [2.24, 2.45) is 0 Å². The maximum atomic E-state index is 2.69. The molecule has 0 amide bonds. The Kier molecular flexibility index (Phi) is 33.8. The molecule has 0 aliphatic rings. The van der Waals surface area contributed by atoms with Crippen LogP contribution >= 0.6 is 0 Å². The molecule has 3 nitrogen and oxygen atoms in total. The Hall–Kier alpha value is -1.16. The molecule has 0 saturated heterocycles. The molecule has 0 aromatic carbocycles. The lowest BCUT2D eigenvalue weighted by molar-refractivity contribution is -0.0349. The van der Waals surface area contributed by atoms with Gasteiger partial charge in [-0.2, -0.15) is 0 Å². The van der Waals surface area contributed by atoms with Gasteiger partial charge in [0, 0.05) is 13.1 Å². The van der Waals surface area contributed by atoms with Gasteiger partial charge in [-0.15, -0.1) is 0 Å². The van der Waals surface area contributed by atoms with Crippen molar-refractivity contribution in [2.75, 3.05) is 48.3 Å². The van der Waals surface area contributed by atoms with Crippen LogP contribution in [0.25, 0.3) is 0 Å².